The Morgan fingerprint density at radius 3 is 2.86 bits per heavy atom. The summed E-state index contributed by atoms with van der Waals surface area (Å²) in [6, 6.07) is 3.04. The number of rotatable bonds is 1. The molecule has 14 heavy (non-hydrogen) atoms. The van der Waals surface area contributed by atoms with E-state index in [1.54, 1.807) is 13.0 Å². The maximum atomic E-state index is 13.4. The van der Waals surface area contributed by atoms with Gasteiger partial charge in [-0.3, -0.25) is 0 Å². The zero-order chi connectivity index (χ0) is 10.3. The summed E-state index contributed by atoms with van der Waals surface area (Å²) in [5, 5.41) is 10.2. The Balaban J connectivity index is 2.70. The molecule has 2 rings (SSSR count). The summed E-state index contributed by atoms with van der Waals surface area (Å²) in [4.78, 5) is 4.17. The highest BCUT2D eigenvalue weighted by Gasteiger charge is 2.11. The number of aryl methyl sites for hydroxylation is 1. The van der Waals surface area contributed by atoms with Gasteiger partial charge in [0.1, 0.15) is 5.82 Å². The van der Waals surface area contributed by atoms with Crippen LogP contribution >= 0.6 is 11.3 Å². The first-order valence-corrected chi connectivity index (χ1v) is 5.14. The zero-order valence-electron chi connectivity index (χ0n) is 7.91. The van der Waals surface area contributed by atoms with Gasteiger partial charge in [0.05, 0.1) is 21.3 Å². The Morgan fingerprint density at radius 2 is 2.21 bits per heavy atom. The van der Waals surface area contributed by atoms with E-state index in [-0.39, 0.29) is 0 Å². The Kier molecular flexibility index (Phi) is 2.25. The predicted octanol–water partition coefficient (Wildman–Crippen LogP) is 2.80. The van der Waals surface area contributed by atoms with Crippen LogP contribution in [-0.2, 0) is 0 Å². The number of halogens is 1. The van der Waals surface area contributed by atoms with Crippen LogP contribution in [0.5, 0.6) is 0 Å². The summed E-state index contributed by atoms with van der Waals surface area (Å²) in [5.41, 5.74) is 0.996. The van der Waals surface area contributed by atoms with Crippen molar-refractivity contribution in [1.82, 2.24) is 4.98 Å². The van der Waals surface area contributed by atoms with Crippen molar-refractivity contribution in [2.45, 2.75) is 20.0 Å². The van der Waals surface area contributed by atoms with Crippen LogP contribution in [0, 0.1) is 12.7 Å². The summed E-state index contributed by atoms with van der Waals surface area (Å²) in [7, 11) is 0. The molecule has 0 bridgehead atoms. The van der Waals surface area contributed by atoms with E-state index in [2.05, 4.69) is 4.98 Å². The molecular weight excluding hydrogens is 201 g/mol. The summed E-state index contributed by atoms with van der Waals surface area (Å²) < 4.78 is 14.3. The van der Waals surface area contributed by atoms with E-state index in [1.807, 2.05) is 6.92 Å². The predicted molar refractivity (Wildman–Crippen MR) is 54.9 cm³/mol. The molecule has 0 spiro atoms. The Hall–Kier alpha value is -1.00. The molecule has 1 aromatic carbocycles. The van der Waals surface area contributed by atoms with Crippen LogP contribution in [-0.4, -0.2) is 10.1 Å². The van der Waals surface area contributed by atoms with Crippen molar-refractivity contribution in [3.05, 3.63) is 28.5 Å². The molecule has 0 aliphatic rings. The number of aliphatic hydroxyl groups is 1. The topological polar surface area (TPSA) is 33.1 Å². The van der Waals surface area contributed by atoms with Crippen LogP contribution in [0.1, 0.15) is 23.6 Å². The number of nitrogens with zero attached hydrogens (tertiary/aromatic N) is 1. The molecule has 0 aliphatic carbocycles. The molecule has 1 heterocycles. The van der Waals surface area contributed by atoms with E-state index >= 15 is 0 Å². The first kappa shape index (κ1) is 9.55. The fraction of sp³-hybridized carbons (Fsp3) is 0.300. The minimum Gasteiger partial charge on any atom is -0.389 e. The maximum Gasteiger partial charge on any atom is 0.131 e. The second kappa shape index (κ2) is 3.29. The first-order chi connectivity index (χ1) is 6.58. The van der Waals surface area contributed by atoms with E-state index < -0.39 is 11.9 Å². The largest absolute Gasteiger partial charge is 0.389 e. The van der Waals surface area contributed by atoms with Gasteiger partial charge in [0, 0.05) is 11.6 Å². The van der Waals surface area contributed by atoms with Crippen molar-refractivity contribution in [3.63, 3.8) is 0 Å². The second-order valence-corrected chi connectivity index (χ2v) is 4.49. The molecule has 0 saturated heterocycles. The second-order valence-electron chi connectivity index (χ2n) is 3.25. The van der Waals surface area contributed by atoms with Gasteiger partial charge in [0.15, 0.2) is 0 Å². The van der Waals surface area contributed by atoms with E-state index in [4.69, 9.17) is 0 Å². The highest BCUT2D eigenvalue weighted by atomic mass is 32.1. The van der Waals surface area contributed by atoms with Gasteiger partial charge in [-0.25, -0.2) is 9.37 Å². The number of fused-ring (bicyclic) bond motifs is 1. The van der Waals surface area contributed by atoms with E-state index in [0.29, 0.717) is 11.1 Å². The molecule has 0 saturated carbocycles. The number of aliphatic hydroxyl groups excluding tert-OH is 1. The van der Waals surface area contributed by atoms with Crippen molar-refractivity contribution >= 4 is 21.6 Å². The Bertz CT molecular complexity index is 478. The normalized spacial score (nSPS) is 13.4. The lowest BCUT2D eigenvalue weighted by Crippen LogP contribution is -1.94. The van der Waals surface area contributed by atoms with E-state index in [9.17, 15) is 9.50 Å². The molecule has 0 radical (unpaired) electrons. The molecule has 2 nitrogen and oxygen atoms in total. The average molecular weight is 211 g/mol. The Labute approximate surface area is 85.0 Å². The quantitative estimate of drug-likeness (QED) is 0.786. The fourth-order valence-corrected chi connectivity index (χ4v) is 2.26. The van der Waals surface area contributed by atoms with Crippen LogP contribution < -0.4 is 0 Å². The average Bonchev–Trinajstić information content (AvgIpc) is 2.42. The minimum atomic E-state index is -0.776. The van der Waals surface area contributed by atoms with Crippen LogP contribution in [0.3, 0.4) is 0 Å². The fourth-order valence-electron chi connectivity index (χ4n) is 1.40. The number of benzene rings is 1. The smallest absolute Gasteiger partial charge is 0.131 e. The van der Waals surface area contributed by atoms with E-state index in [1.165, 1.54) is 17.4 Å². The number of aromatic nitrogens is 1. The number of hydrogen-bond donors (Lipinski definition) is 1. The number of thiazole rings is 1. The molecule has 1 atom stereocenters. The van der Waals surface area contributed by atoms with Gasteiger partial charge in [-0.1, -0.05) is 0 Å². The molecule has 1 aromatic heterocycles. The van der Waals surface area contributed by atoms with Crippen LogP contribution in [0.15, 0.2) is 12.1 Å². The van der Waals surface area contributed by atoms with Crippen LogP contribution in [0.4, 0.5) is 4.39 Å². The van der Waals surface area contributed by atoms with Gasteiger partial charge < -0.3 is 5.11 Å². The molecule has 1 N–H and O–H groups in total. The van der Waals surface area contributed by atoms with Crippen molar-refractivity contribution in [2.24, 2.45) is 0 Å². The van der Waals surface area contributed by atoms with Gasteiger partial charge in [-0.15, -0.1) is 11.3 Å². The van der Waals surface area contributed by atoms with Gasteiger partial charge in [0.2, 0.25) is 0 Å². The first-order valence-electron chi connectivity index (χ1n) is 4.32. The molecule has 0 fully saturated rings. The van der Waals surface area contributed by atoms with Gasteiger partial charge in [-0.2, -0.15) is 0 Å². The number of hydrogen-bond acceptors (Lipinski definition) is 3. The van der Waals surface area contributed by atoms with Crippen molar-refractivity contribution in [3.8, 4) is 0 Å². The maximum absolute atomic E-state index is 13.4. The summed E-state index contributed by atoms with van der Waals surface area (Å²) >= 11 is 1.50. The monoisotopic (exact) mass is 211 g/mol. The molecule has 0 amide bonds. The van der Waals surface area contributed by atoms with E-state index in [0.717, 1.165) is 9.71 Å². The minimum absolute atomic E-state index is 0.334. The standard InChI is InChI=1S/C10H10FNOS/c1-5(13)7-3-10-9(4-8(7)11)12-6(2)14-10/h3-5,13H,1-2H3. The lowest BCUT2D eigenvalue weighted by Gasteiger charge is -2.05. The molecule has 2 aromatic rings. The molecular formula is C10H10FNOS. The van der Waals surface area contributed by atoms with Crippen LogP contribution in [0.25, 0.3) is 10.2 Å². The summed E-state index contributed by atoms with van der Waals surface area (Å²) in [6.07, 6.45) is -0.776. The van der Waals surface area contributed by atoms with Gasteiger partial charge in [0.25, 0.3) is 0 Å². The highest BCUT2D eigenvalue weighted by molar-refractivity contribution is 7.18. The van der Waals surface area contributed by atoms with Gasteiger partial charge >= 0.3 is 0 Å². The molecule has 0 aliphatic heterocycles. The zero-order valence-corrected chi connectivity index (χ0v) is 8.73. The summed E-state index contributed by atoms with van der Waals surface area (Å²) in [6.45, 7) is 3.43. The van der Waals surface area contributed by atoms with Crippen LogP contribution in [0.2, 0.25) is 0 Å². The van der Waals surface area contributed by atoms with Crippen molar-refractivity contribution in [1.29, 1.82) is 0 Å². The molecule has 1 unspecified atom stereocenters. The lowest BCUT2D eigenvalue weighted by molar-refractivity contribution is 0.194. The summed E-state index contributed by atoms with van der Waals surface area (Å²) in [5.74, 6) is -0.391. The van der Waals surface area contributed by atoms with Crippen molar-refractivity contribution < 1.29 is 9.50 Å². The van der Waals surface area contributed by atoms with Crippen molar-refractivity contribution in [2.75, 3.05) is 0 Å². The highest BCUT2D eigenvalue weighted by Crippen LogP contribution is 2.27. The SMILES string of the molecule is Cc1nc2cc(F)c(C(C)O)cc2s1. The molecule has 74 valence electrons. The third kappa shape index (κ3) is 1.51. The molecule has 4 heteroatoms. The third-order valence-electron chi connectivity index (χ3n) is 2.06. The lowest BCUT2D eigenvalue weighted by atomic mass is 10.1. The third-order valence-corrected chi connectivity index (χ3v) is 3.00. The Morgan fingerprint density at radius 1 is 1.50 bits per heavy atom. The van der Waals surface area contributed by atoms with Gasteiger partial charge in [-0.05, 0) is 19.9 Å².